The molecule has 0 unspecified atom stereocenters. The lowest BCUT2D eigenvalue weighted by molar-refractivity contribution is -0.123. The lowest BCUT2D eigenvalue weighted by Gasteiger charge is -2.29. The van der Waals surface area contributed by atoms with Gasteiger partial charge in [-0.1, -0.05) is 24.6 Å². The second-order valence-electron chi connectivity index (χ2n) is 6.43. The summed E-state index contributed by atoms with van der Waals surface area (Å²) >= 11 is 0. The summed E-state index contributed by atoms with van der Waals surface area (Å²) in [6, 6.07) is 7.96. The van der Waals surface area contributed by atoms with Gasteiger partial charge in [-0.2, -0.15) is 0 Å². The van der Waals surface area contributed by atoms with Crippen molar-refractivity contribution >= 4 is 18.3 Å². The second kappa shape index (κ2) is 7.84. The monoisotopic (exact) mass is 326 g/mol. The van der Waals surface area contributed by atoms with E-state index in [1.807, 2.05) is 38.1 Å². The molecule has 0 heterocycles. The summed E-state index contributed by atoms with van der Waals surface area (Å²) in [6.45, 7) is 3.99. The van der Waals surface area contributed by atoms with Gasteiger partial charge in [0.25, 0.3) is 0 Å². The fraction of sp³-hybridized carbons (Fsp3) is 0.588. The van der Waals surface area contributed by atoms with Crippen molar-refractivity contribution in [3.05, 3.63) is 29.8 Å². The number of methoxy groups -OCH3 is 1. The van der Waals surface area contributed by atoms with Gasteiger partial charge in [0, 0.05) is 18.0 Å². The molecule has 22 heavy (non-hydrogen) atoms. The minimum absolute atomic E-state index is 0. The number of benzene rings is 1. The van der Waals surface area contributed by atoms with Gasteiger partial charge >= 0.3 is 0 Å². The van der Waals surface area contributed by atoms with Gasteiger partial charge in [0.15, 0.2) is 0 Å². The Labute approximate surface area is 139 Å². The number of ether oxygens (including phenoxy) is 1. The lowest BCUT2D eigenvalue weighted by atomic mass is 9.92. The van der Waals surface area contributed by atoms with Crippen LogP contribution in [0.5, 0.6) is 5.75 Å². The molecule has 1 aliphatic rings. The van der Waals surface area contributed by atoms with Crippen molar-refractivity contribution in [1.82, 2.24) is 5.32 Å². The molecule has 0 saturated heterocycles. The van der Waals surface area contributed by atoms with Crippen molar-refractivity contribution < 1.29 is 9.53 Å². The maximum atomic E-state index is 12.3. The first-order valence-electron chi connectivity index (χ1n) is 7.64. The average Bonchev–Trinajstić information content (AvgIpc) is 2.83. The van der Waals surface area contributed by atoms with Crippen LogP contribution in [-0.2, 0) is 10.3 Å². The van der Waals surface area contributed by atoms with Crippen LogP contribution in [0, 0.1) is 5.92 Å². The van der Waals surface area contributed by atoms with E-state index < -0.39 is 5.54 Å². The molecule has 124 valence electrons. The number of nitrogens with one attached hydrogen (secondary N) is 1. The molecule has 1 saturated carbocycles. The van der Waals surface area contributed by atoms with E-state index in [1.165, 1.54) is 0 Å². The van der Waals surface area contributed by atoms with E-state index in [0.717, 1.165) is 30.6 Å². The van der Waals surface area contributed by atoms with E-state index >= 15 is 0 Å². The Hall–Kier alpha value is -1.26. The molecule has 0 aliphatic heterocycles. The molecule has 2 atom stereocenters. The predicted molar refractivity (Wildman–Crippen MR) is 91.3 cm³/mol. The van der Waals surface area contributed by atoms with Gasteiger partial charge < -0.3 is 15.8 Å². The summed E-state index contributed by atoms with van der Waals surface area (Å²) in [5, 5.41) is 3.12. The van der Waals surface area contributed by atoms with Gasteiger partial charge in [0.1, 0.15) is 5.75 Å². The van der Waals surface area contributed by atoms with Crippen LogP contribution in [0.3, 0.4) is 0 Å². The van der Waals surface area contributed by atoms with Crippen LogP contribution < -0.4 is 15.8 Å². The van der Waals surface area contributed by atoms with Gasteiger partial charge in [-0.3, -0.25) is 4.79 Å². The standard InChI is InChI=1S/C17H26N2O2.ClH/c1-17(2,13-8-4-5-10-15(13)21-3)19-16(20)11-12-7-6-9-14(12)18;/h4-5,8,10,12,14H,6-7,9,11,18H2,1-3H3,(H,19,20);1H/t12-,14+;/m0./s1. The van der Waals surface area contributed by atoms with Crippen LogP contribution in [0.25, 0.3) is 0 Å². The van der Waals surface area contributed by atoms with E-state index in [2.05, 4.69) is 5.32 Å². The number of nitrogens with two attached hydrogens (primary N) is 1. The third kappa shape index (κ3) is 4.37. The summed E-state index contributed by atoms with van der Waals surface area (Å²) in [7, 11) is 1.65. The van der Waals surface area contributed by atoms with Crippen molar-refractivity contribution in [3.8, 4) is 5.75 Å². The molecule has 1 aromatic carbocycles. The Morgan fingerprint density at radius 2 is 2.05 bits per heavy atom. The van der Waals surface area contributed by atoms with Gasteiger partial charge in [0.05, 0.1) is 12.6 Å². The van der Waals surface area contributed by atoms with Crippen molar-refractivity contribution in [3.63, 3.8) is 0 Å². The third-order valence-corrected chi connectivity index (χ3v) is 4.40. The van der Waals surface area contributed by atoms with E-state index in [-0.39, 0.29) is 24.4 Å². The SMILES string of the molecule is COc1ccccc1C(C)(C)NC(=O)C[C@@H]1CCC[C@H]1N.Cl. The van der Waals surface area contributed by atoms with Crippen LogP contribution in [0.15, 0.2) is 24.3 Å². The van der Waals surface area contributed by atoms with Crippen molar-refractivity contribution in [2.24, 2.45) is 11.7 Å². The van der Waals surface area contributed by atoms with Crippen LogP contribution in [-0.4, -0.2) is 19.1 Å². The Morgan fingerprint density at radius 3 is 2.64 bits per heavy atom. The molecule has 1 fully saturated rings. The Balaban J connectivity index is 0.00000242. The van der Waals surface area contributed by atoms with Crippen LogP contribution in [0.1, 0.15) is 45.1 Å². The smallest absolute Gasteiger partial charge is 0.221 e. The topological polar surface area (TPSA) is 64.3 Å². The van der Waals surface area contributed by atoms with Crippen LogP contribution >= 0.6 is 12.4 Å². The van der Waals surface area contributed by atoms with Crippen LogP contribution in [0.4, 0.5) is 0 Å². The highest BCUT2D eigenvalue weighted by Crippen LogP contribution is 2.31. The maximum absolute atomic E-state index is 12.3. The molecule has 0 aromatic heterocycles. The van der Waals surface area contributed by atoms with Gasteiger partial charge in [0.2, 0.25) is 5.91 Å². The maximum Gasteiger partial charge on any atom is 0.221 e. The molecule has 5 heteroatoms. The first-order valence-corrected chi connectivity index (χ1v) is 7.64. The minimum Gasteiger partial charge on any atom is -0.496 e. The molecule has 0 radical (unpaired) electrons. The molecule has 1 aliphatic carbocycles. The number of carbonyl (C=O) groups excluding carboxylic acids is 1. The number of halogens is 1. The van der Waals surface area contributed by atoms with Gasteiger partial charge in [-0.05, 0) is 38.7 Å². The van der Waals surface area contributed by atoms with Gasteiger partial charge in [-0.25, -0.2) is 0 Å². The van der Waals surface area contributed by atoms with Crippen molar-refractivity contribution in [2.75, 3.05) is 7.11 Å². The molecule has 3 N–H and O–H groups in total. The highest BCUT2D eigenvalue weighted by Gasteiger charge is 2.30. The number of amides is 1. The van der Waals surface area contributed by atoms with Gasteiger partial charge in [-0.15, -0.1) is 12.4 Å². The van der Waals surface area contributed by atoms with E-state index in [0.29, 0.717) is 12.3 Å². The molecule has 2 rings (SSSR count). The van der Waals surface area contributed by atoms with E-state index in [1.54, 1.807) is 7.11 Å². The zero-order valence-corrected chi connectivity index (χ0v) is 14.4. The normalized spacial score (nSPS) is 21.1. The van der Waals surface area contributed by atoms with Crippen molar-refractivity contribution in [1.29, 1.82) is 0 Å². The number of carbonyl (C=O) groups is 1. The molecule has 4 nitrogen and oxygen atoms in total. The van der Waals surface area contributed by atoms with Crippen LogP contribution in [0.2, 0.25) is 0 Å². The van der Waals surface area contributed by atoms with E-state index in [4.69, 9.17) is 10.5 Å². The lowest BCUT2D eigenvalue weighted by Crippen LogP contribution is -2.42. The van der Waals surface area contributed by atoms with E-state index in [9.17, 15) is 4.79 Å². The minimum atomic E-state index is -0.466. The average molecular weight is 327 g/mol. The zero-order chi connectivity index (χ0) is 15.5. The molecule has 1 amide bonds. The Kier molecular flexibility index (Phi) is 6.69. The summed E-state index contributed by atoms with van der Waals surface area (Å²) in [4.78, 5) is 12.3. The predicted octanol–water partition coefficient (Wildman–Crippen LogP) is 2.99. The molecular formula is C17H27ClN2O2. The third-order valence-electron chi connectivity index (χ3n) is 4.40. The van der Waals surface area contributed by atoms with Crippen molar-refractivity contribution in [2.45, 2.75) is 51.1 Å². The first-order chi connectivity index (χ1) is 9.94. The molecule has 0 spiro atoms. The second-order valence-corrected chi connectivity index (χ2v) is 6.43. The summed E-state index contributed by atoms with van der Waals surface area (Å²) in [6.07, 6.45) is 3.74. The summed E-state index contributed by atoms with van der Waals surface area (Å²) in [5.74, 6) is 1.17. The number of hydrogen-bond acceptors (Lipinski definition) is 3. The zero-order valence-electron chi connectivity index (χ0n) is 13.6. The Bertz CT molecular complexity index is 505. The summed E-state index contributed by atoms with van der Waals surface area (Å²) < 4.78 is 5.39. The highest BCUT2D eigenvalue weighted by atomic mass is 35.5. The highest BCUT2D eigenvalue weighted by molar-refractivity contribution is 5.85. The molecule has 1 aromatic rings. The fourth-order valence-electron chi connectivity index (χ4n) is 3.18. The number of rotatable bonds is 5. The quantitative estimate of drug-likeness (QED) is 0.874. The largest absolute Gasteiger partial charge is 0.496 e. The number of para-hydroxylation sites is 1. The summed E-state index contributed by atoms with van der Waals surface area (Å²) in [5.41, 5.74) is 6.56. The Morgan fingerprint density at radius 1 is 1.36 bits per heavy atom. The molecule has 0 bridgehead atoms. The fourth-order valence-corrected chi connectivity index (χ4v) is 3.18. The number of hydrogen-bond donors (Lipinski definition) is 2. The first kappa shape index (κ1) is 18.8. The molecular weight excluding hydrogens is 300 g/mol.